The van der Waals surface area contributed by atoms with Crippen molar-refractivity contribution in [3.05, 3.63) is 72.3 Å². The fraction of sp³-hybridized carbons (Fsp3) is 0.227. The van der Waals surface area contributed by atoms with Crippen molar-refractivity contribution in [2.24, 2.45) is 0 Å². The van der Waals surface area contributed by atoms with Crippen molar-refractivity contribution >= 4 is 34.1 Å². The highest BCUT2D eigenvalue weighted by atomic mass is 32.2. The first-order valence-corrected chi connectivity index (χ1v) is 9.42. The molecule has 0 radical (unpaired) electrons. The van der Waals surface area contributed by atoms with Crippen molar-refractivity contribution in [3.8, 4) is 0 Å². The van der Waals surface area contributed by atoms with Gasteiger partial charge in [-0.05, 0) is 46.0 Å². The van der Waals surface area contributed by atoms with E-state index in [0.29, 0.717) is 5.75 Å². The normalized spacial score (nSPS) is 11.5. The Morgan fingerprint density at radius 1 is 0.920 bits per heavy atom. The molecule has 0 saturated carbocycles. The second-order valence-corrected chi connectivity index (χ2v) is 8.22. The maximum atomic E-state index is 12.2. The average Bonchev–Trinajstić information content (AvgIpc) is 2.59. The number of hydrogen-bond acceptors (Lipinski definition) is 2. The summed E-state index contributed by atoms with van der Waals surface area (Å²) in [6.07, 6.45) is 0. The Balaban J connectivity index is 1.58. The number of amides is 1. The smallest absolute Gasteiger partial charge is 0.234 e. The van der Waals surface area contributed by atoms with Gasteiger partial charge in [0.05, 0.1) is 5.75 Å². The van der Waals surface area contributed by atoms with Gasteiger partial charge in [0, 0.05) is 10.6 Å². The van der Waals surface area contributed by atoms with Gasteiger partial charge in [-0.25, -0.2) is 0 Å². The number of anilines is 1. The van der Waals surface area contributed by atoms with E-state index in [-0.39, 0.29) is 11.3 Å². The zero-order chi connectivity index (χ0) is 17.9. The summed E-state index contributed by atoms with van der Waals surface area (Å²) in [6.45, 7) is 6.54. The average molecular weight is 349 g/mol. The van der Waals surface area contributed by atoms with Gasteiger partial charge >= 0.3 is 0 Å². The first-order valence-electron chi connectivity index (χ1n) is 8.44. The molecule has 3 aromatic rings. The third-order valence-electron chi connectivity index (χ3n) is 4.13. The van der Waals surface area contributed by atoms with Crippen LogP contribution < -0.4 is 5.32 Å². The molecule has 1 amide bonds. The van der Waals surface area contributed by atoms with Crippen LogP contribution in [0.4, 0.5) is 5.69 Å². The van der Waals surface area contributed by atoms with Crippen LogP contribution in [0.5, 0.6) is 0 Å². The monoisotopic (exact) mass is 349 g/mol. The van der Waals surface area contributed by atoms with Crippen LogP contribution in [0.25, 0.3) is 10.8 Å². The number of carbonyl (C=O) groups excluding carboxylic acids is 1. The highest BCUT2D eigenvalue weighted by molar-refractivity contribution is 8.00. The van der Waals surface area contributed by atoms with E-state index < -0.39 is 0 Å². The van der Waals surface area contributed by atoms with Gasteiger partial charge < -0.3 is 5.32 Å². The first kappa shape index (κ1) is 17.6. The Bertz CT molecular complexity index is 878. The Morgan fingerprint density at radius 3 is 2.28 bits per heavy atom. The lowest BCUT2D eigenvalue weighted by Gasteiger charge is -2.19. The molecule has 2 nitrogen and oxygen atoms in total. The number of fused-ring (bicyclic) bond motifs is 1. The van der Waals surface area contributed by atoms with E-state index in [1.54, 1.807) is 11.8 Å². The molecule has 128 valence electrons. The van der Waals surface area contributed by atoms with Crippen LogP contribution in [0.3, 0.4) is 0 Å². The summed E-state index contributed by atoms with van der Waals surface area (Å²) in [6, 6.07) is 22.6. The van der Waals surface area contributed by atoms with E-state index in [0.717, 1.165) is 10.6 Å². The summed E-state index contributed by atoms with van der Waals surface area (Å²) in [5.41, 5.74) is 2.22. The Kier molecular flexibility index (Phi) is 5.14. The van der Waals surface area contributed by atoms with Crippen molar-refractivity contribution in [2.45, 2.75) is 31.1 Å². The second kappa shape index (κ2) is 7.32. The molecule has 3 rings (SSSR count). The highest BCUT2D eigenvalue weighted by Gasteiger charge is 2.13. The number of carbonyl (C=O) groups is 1. The van der Waals surface area contributed by atoms with Gasteiger partial charge in [-0.3, -0.25) is 4.79 Å². The predicted molar refractivity (Wildman–Crippen MR) is 108 cm³/mol. The van der Waals surface area contributed by atoms with Gasteiger partial charge in [0.1, 0.15) is 0 Å². The molecule has 0 aliphatic heterocycles. The third-order valence-corrected chi connectivity index (χ3v) is 5.12. The fourth-order valence-electron chi connectivity index (χ4n) is 2.66. The molecule has 0 bridgehead atoms. The number of nitrogens with one attached hydrogen (secondary N) is 1. The molecule has 0 spiro atoms. The lowest BCUT2D eigenvalue weighted by Crippen LogP contribution is -2.15. The van der Waals surface area contributed by atoms with E-state index >= 15 is 0 Å². The summed E-state index contributed by atoms with van der Waals surface area (Å²) < 4.78 is 0. The topological polar surface area (TPSA) is 29.1 Å². The summed E-state index contributed by atoms with van der Waals surface area (Å²) in [7, 11) is 0. The summed E-state index contributed by atoms with van der Waals surface area (Å²) in [5.74, 6) is 0.418. The molecular weight excluding hydrogens is 326 g/mol. The number of rotatable bonds is 4. The lowest BCUT2D eigenvalue weighted by atomic mass is 9.87. The van der Waals surface area contributed by atoms with Gasteiger partial charge in [-0.2, -0.15) is 0 Å². The van der Waals surface area contributed by atoms with Crippen LogP contribution in [0.1, 0.15) is 26.3 Å². The zero-order valence-electron chi connectivity index (χ0n) is 14.9. The highest BCUT2D eigenvalue weighted by Crippen LogP contribution is 2.25. The van der Waals surface area contributed by atoms with Crippen LogP contribution in [-0.4, -0.2) is 11.7 Å². The Hall–Kier alpha value is -2.26. The van der Waals surface area contributed by atoms with Crippen molar-refractivity contribution in [1.29, 1.82) is 0 Å². The van der Waals surface area contributed by atoms with Crippen molar-refractivity contribution in [3.63, 3.8) is 0 Å². The van der Waals surface area contributed by atoms with E-state index in [2.05, 4.69) is 68.6 Å². The van der Waals surface area contributed by atoms with Gasteiger partial charge in [0.2, 0.25) is 5.91 Å². The Labute approximate surface area is 153 Å². The second-order valence-electron chi connectivity index (χ2n) is 7.17. The number of thioether (sulfide) groups is 1. The van der Waals surface area contributed by atoms with Crippen molar-refractivity contribution in [2.75, 3.05) is 11.1 Å². The van der Waals surface area contributed by atoms with Crippen LogP contribution >= 0.6 is 11.8 Å². The molecule has 0 fully saturated rings. The molecule has 25 heavy (non-hydrogen) atoms. The molecule has 0 saturated heterocycles. The van der Waals surface area contributed by atoms with E-state index in [1.807, 2.05) is 24.3 Å². The minimum absolute atomic E-state index is 0.0154. The van der Waals surface area contributed by atoms with Crippen LogP contribution in [0, 0.1) is 0 Å². The maximum Gasteiger partial charge on any atom is 0.234 e. The molecule has 0 unspecified atom stereocenters. The predicted octanol–water partition coefficient (Wildman–Crippen LogP) is 5.87. The molecule has 3 heteroatoms. The molecule has 0 heterocycles. The molecule has 3 aromatic carbocycles. The molecule has 0 atom stereocenters. The number of hydrogen-bond donors (Lipinski definition) is 1. The summed E-state index contributed by atoms with van der Waals surface area (Å²) in [4.78, 5) is 13.3. The SMILES string of the molecule is CC(C)(C)c1ccc(NC(=O)CSc2ccc3ccccc3c2)cc1. The fourth-order valence-corrected chi connectivity index (χ4v) is 3.40. The van der Waals surface area contributed by atoms with Crippen LogP contribution in [-0.2, 0) is 10.2 Å². The van der Waals surface area contributed by atoms with Crippen LogP contribution in [0.2, 0.25) is 0 Å². The van der Waals surface area contributed by atoms with Gasteiger partial charge in [0.25, 0.3) is 0 Å². The summed E-state index contributed by atoms with van der Waals surface area (Å²) >= 11 is 1.56. The summed E-state index contributed by atoms with van der Waals surface area (Å²) in [5, 5.41) is 5.39. The molecular formula is C22H23NOS. The van der Waals surface area contributed by atoms with Crippen molar-refractivity contribution < 1.29 is 4.79 Å². The minimum Gasteiger partial charge on any atom is -0.325 e. The van der Waals surface area contributed by atoms with E-state index in [1.165, 1.54) is 16.3 Å². The molecule has 0 aliphatic carbocycles. The van der Waals surface area contributed by atoms with Gasteiger partial charge in [-0.1, -0.05) is 63.2 Å². The van der Waals surface area contributed by atoms with Crippen LogP contribution in [0.15, 0.2) is 71.6 Å². The molecule has 0 aromatic heterocycles. The minimum atomic E-state index is 0.0154. The number of benzene rings is 3. The third kappa shape index (κ3) is 4.64. The van der Waals surface area contributed by atoms with E-state index in [4.69, 9.17) is 0 Å². The largest absolute Gasteiger partial charge is 0.325 e. The van der Waals surface area contributed by atoms with Gasteiger partial charge in [-0.15, -0.1) is 11.8 Å². The Morgan fingerprint density at radius 2 is 1.60 bits per heavy atom. The van der Waals surface area contributed by atoms with Crippen molar-refractivity contribution in [1.82, 2.24) is 0 Å². The quantitative estimate of drug-likeness (QED) is 0.597. The molecule has 1 N–H and O–H groups in total. The van der Waals surface area contributed by atoms with E-state index in [9.17, 15) is 4.79 Å². The standard InChI is InChI=1S/C22H23NOS/c1-22(2,3)18-9-11-19(12-10-18)23-21(24)15-25-20-13-8-16-6-4-5-7-17(16)14-20/h4-14H,15H2,1-3H3,(H,23,24). The first-order chi connectivity index (χ1) is 11.9. The maximum absolute atomic E-state index is 12.2. The lowest BCUT2D eigenvalue weighted by molar-refractivity contribution is -0.113. The zero-order valence-corrected chi connectivity index (χ0v) is 15.7. The van der Waals surface area contributed by atoms with Gasteiger partial charge in [0.15, 0.2) is 0 Å². The molecule has 0 aliphatic rings.